The largest absolute Gasteiger partial charge is 0.402 e. The molecule has 0 atom stereocenters. The van der Waals surface area contributed by atoms with Crippen LogP contribution in [0.2, 0.25) is 5.02 Å². The number of nitrogens with one attached hydrogen (secondary N) is 1. The van der Waals surface area contributed by atoms with Crippen LogP contribution in [0.4, 0.5) is 0 Å². The van der Waals surface area contributed by atoms with Crippen LogP contribution in [0.3, 0.4) is 0 Å². The van der Waals surface area contributed by atoms with Gasteiger partial charge in [-0.25, -0.2) is 0 Å². The molecule has 0 amide bonds. The molecule has 3 nitrogen and oxygen atoms in total. The Morgan fingerprint density at radius 3 is 1.91 bits per heavy atom. The Hall–Kier alpha value is -1.61. The zero-order chi connectivity index (χ0) is 16.9. The van der Waals surface area contributed by atoms with Crippen LogP contribution < -0.4 is 16.8 Å². The minimum Gasteiger partial charge on any atom is -0.402 e. The highest BCUT2D eigenvalue weighted by molar-refractivity contribution is 6.30. The summed E-state index contributed by atoms with van der Waals surface area (Å²) in [7, 11) is 0. The number of benzene rings is 1. The third-order valence-electron chi connectivity index (χ3n) is 4.08. The minimum absolute atomic E-state index is 0.0429. The lowest BCUT2D eigenvalue weighted by atomic mass is 10.0. The van der Waals surface area contributed by atoms with Gasteiger partial charge in [-0.3, -0.25) is 0 Å². The summed E-state index contributed by atoms with van der Waals surface area (Å²) in [5, 5.41) is 4.21. The van der Waals surface area contributed by atoms with Crippen molar-refractivity contribution in [1.82, 2.24) is 5.32 Å². The highest BCUT2D eigenvalue weighted by Gasteiger charge is 2.44. The lowest BCUT2D eigenvalue weighted by Gasteiger charge is -2.21. The quantitative estimate of drug-likeness (QED) is 0.721. The molecule has 0 saturated heterocycles. The standard InChI is InChI=1S/C16H22ClN3.C2H6/c1-10(12(3)18)11(2)15(19)20-16(8-9-16)13-4-6-14(17)7-5-13;1-2/h4-7,20H,8-9,18-19H2,1-3H3;1-2H3/b12-10-,15-11+;. The van der Waals surface area contributed by atoms with Crippen molar-refractivity contribution in [2.75, 3.05) is 0 Å². The maximum Gasteiger partial charge on any atom is 0.100 e. The summed E-state index contributed by atoms with van der Waals surface area (Å²) in [5.74, 6) is 0.694. The highest BCUT2D eigenvalue weighted by Crippen LogP contribution is 2.46. The van der Waals surface area contributed by atoms with E-state index in [9.17, 15) is 0 Å². The molecule has 0 radical (unpaired) electrons. The minimum atomic E-state index is -0.0429. The average molecular weight is 322 g/mol. The van der Waals surface area contributed by atoms with Crippen molar-refractivity contribution in [2.24, 2.45) is 11.5 Å². The van der Waals surface area contributed by atoms with E-state index in [2.05, 4.69) is 17.4 Å². The van der Waals surface area contributed by atoms with Crippen LogP contribution in [0, 0.1) is 0 Å². The summed E-state index contributed by atoms with van der Waals surface area (Å²) in [4.78, 5) is 0. The molecule has 22 heavy (non-hydrogen) atoms. The van der Waals surface area contributed by atoms with Crippen molar-refractivity contribution in [3.63, 3.8) is 0 Å². The summed E-state index contributed by atoms with van der Waals surface area (Å²) in [6, 6.07) is 7.95. The van der Waals surface area contributed by atoms with Crippen LogP contribution in [-0.4, -0.2) is 0 Å². The molecule has 2 rings (SSSR count). The Bertz CT molecular complexity index is 562. The second kappa shape index (κ2) is 7.59. The number of halogens is 1. The molecule has 1 fully saturated rings. The van der Waals surface area contributed by atoms with E-state index >= 15 is 0 Å². The van der Waals surface area contributed by atoms with Gasteiger partial charge in [0, 0.05) is 10.7 Å². The molecule has 122 valence electrons. The van der Waals surface area contributed by atoms with Gasteiger partial charge in [0.2, 0.25) is 0 Å². The molecule has 0 aromatic heterocycles. The zero-order valence-electron chi connectivity index (χ0n) is 14.3. The smallest absolute Gasteiger partial charge is 0.100 e. The first kappa shape index (κ1) is 18.4. The van der Waals surface area contributed by atoms with Crippen molar-refractivity contribution in [2.45, 2.75) is 53.0 Å². The van der Waals surface area contributed by atoms with Crippen molar-refractivity contribution in [3.8, 4) is 0 Å². The average Bonchev–Trinajstić information content (AvgIpc) is 3.28. The summed E-state index contributed by atoms with van der Waals surface area (Å²) in [5.41, 5.74) is 16.0. The predicted molar refractivity (Wildman–Crippen MR) is 96.3 cm³/mol. The van der Waals surface area contributed by atoms with Gasteiger partial charge in [0.1, 0.15) is 5.82 Å². The molecular formula is C18H28ClN3. The topological polar surface area (TPSA) is 64.1 Å². The lowest BCUT2D eigenvalue weighted by Crippen LogP contribution is -2.33. The molecule has 5 N–H and O–H groups in total. The third kappa shape index (κ3) is 4.20. The molecular weight excluding hydrogens is 294 g/mol. The maximum absolute atomic E-state index is 6.20. The second-order valence-electron chi connectivity index (χ2n) is 5.56. The molecule has 0 spiro atoms. The van der Waals surface area contributed by atoms with Crippen molar-refractivity contribution >= 4 is 11.6 Å². The summed E-state index contributed by atoms with van der Waals surface area (Å²) >= 11 is 5.94. The fourth-order valence-corrected chi connectivity index (χ4v) is 2.36. The van der Waals surface area contributed by atoms with Gasteiger partial charge in [-0.15, -0.1) is 0 Å². The van der Waals surface area contributed by atoms with Crippen LogP contribution in [0.5, 0.6) is 0 Å². The molecule has 1 aliphatic carbocycles. The zero-order valence-corrected chi connectivity index (χ0v) is 15.0. The number of nitrogens with two attached hydrogens (primary N) is 2. The molecule has 0 aliphatic heterocycles. The van der Waals surface area contributed by atoms with E-state index in [-0.39, 0.29) is 5.54 Å². The Labute approximate surface area is 139 Å². The molecule has 0 bridgehead atoms. The SMILES string of the molecule is C/C(N)=C(C)/C(C)=C(\N)NC1(c2ccc(Cl)cc2)CC1.CC. The Morgan fingerprint density at radius 2 is 1.50 bits per heavy atom. The Balaban J connectivity index is 0.00000116. The van der Waals surface area contributed by atoms with E-state index < -0.39 is 0 Å². The highest BCUT2D eigenvalue weighted by atomic mass is 35.5. The van der Waals surface area contributed by atoms with Gasteiger partial charge in [-0.1, -0.05) is 37.6 Å². The van der Waals surface area contributed by atoms with Crippen LogP contribution in [0.15, 0.2) is 46.9 Å². The van der Waals surface area contributed by atoms with Gasteiger partial charge >= 0.3 is 0 Å². The first-order valence-electron chi connectivity index (χ1n) is 7.79. The molecule has 1 saturated carbocycles. The van der Waals surface area contributed by atoms with Gasteiger partial charge in [-0.2, -0.15) is 0 Å². The number of hydrogen-bond donors (Lipinski definition) is 3. The molecule has 1 aromatic rings. The van der Waals surface area contributed by atoms with E-state index in [0.29, 0.717) is 5.82 Å². The molecule has 1 aliphatic rings. The monoisotopic (exact) mass is 321 g/mol. The van der Waals surface area contributed by atoms with E-state index in [1.165, 1.54) is 5.56 Å². The van der Waals surface area contributed by atoms with Crippen LogP contribution >= 0.6 is 11.6 Å². The fraction of sp³-hybridized carbons (Fsp3) is 0.444. The number of allylic oxidation sites excluding steroid dienone is 3. The van der Waals surface area contributed by atoms with Crippen molar-refractivity contribution in [3.05, 3.63) is 57.5 Å². The van der Waals surface area contributed by atoms with Gasteiger partial charge in [0.25, 0.3) is 0 Å². The number of rotatable bonds is 4. The summed E-state index contributed by atoms with van der Waals surface area (Å²) in [6.07, 6.45) is 2.15. The molecule has 4 heteroatoms. The summed E-state index contributed by atoms with van der Waals surface area (Å²) in [6.45, 7) is 9.87. The lowest BCUT2D eigenvalue weighted by molar-refractivity contribution is 0.579. The normalized spacial score (nSPS) is 17.5. The molecule has 1 aromatic carbocycles. The molecule has 0 heterocycles. The predicted octanol–water partition coefficient (Wildman–Crippen LogP) is 4.39. The fourth-order valence-electron chi connectivity index (χ4n) is 2.23. The Morgan fingerprint density at radius 1 is 1.00 bits per heavy atom. The van der Waals surface area contributed by atoms with E-state index in [4.69, 9.17) is 23.1 Å². The van der Waals surface area contributed by atoms with Crippen molar-refractivity contribution < 1.29 is 0 Å². The molecule has 0 unspecified atom stereocenters. The third-order valence-corrected chi connectivity index (χ3v) is 4.33. The summed E-state index contributed by atoms with van der Waals surface area (Å²) < 4.78 is 0. The van der Waals surface area contributed by atoms with Gasteiger partial charge in [-0.05, 0) is 62.5 Å². The Kier molecular flexibility index (Phi) is 6.36. The van der Waals surface area contributed by atoms with Crippen molar-refractivity contribution in [1.29, 1.82) is 0 Å². The van der Waals surface area contributed by atoms with Crippen LogP contribution in [-0.2, 0) is 5.54 Å². The van der Waals surface area contributed by atoms with E-state index in [1.807, 2.05) is 46.8 Å². The van der Waals surface area contributed by atoms with Gasteiger partial charge < -0.3 is 16.8 Å². The van der Waals surface area contributed by atoms with Gasteiger partial charge in [0.15, 0.2) is 0 Å². The van der Waals surface area contributed by atoms with E-state index in [0.717, 1.165) is 34.7 Å². The number of hydrogen-bond acceptors (Lipinski definition) is 3. The van der Waals surface area contributed by atoms with E-state index in [1.54, 1.807) is 0 Å². The van der Waals surface area contributed by atoms with Crippen LogP contribution in [0.25, 0.3) is 0 Å². The maximum atomic E-state index is 6.20. The van der Waals surface area contributed by atoms with Crippen LogP contribution in [0.1, 0.15) is 53.0 Å². The first-order valence-corrected chi connectivity index (χ1v) is 8.17. The first-order chi connectivity index (χ1) is 10.4. The van der Waals surface area contributed by atoms with Gasteiger partial charge in [0.05, 0.1) is 5.54 Å². The second-order valence-corrected chi connectivity index (χ2v) is 6.00.